The zero-order chi connectivity index (χ0) is 10.5. The molecule has 0 bridgehead atoms. The van der Waals surface area contributed by atoms with E-state index in [4.69, 9.17) is 21.1 Å². The zero-order valence-electron chi connectivity index (χ0n) is 8.36. The summed E-state index contributed by atoms with van der Waals surface area (Å²) < 4.78 is 10.4. The Morgan fingerprint density at radius 3 is 2.80 bits per heavy atom. The van der Waals surface area contributed by atoms with E-state index in [0.29, 0.717) is 19.3 Å². The minimum atomic E-state index is 0.342. The van der Waals surface area contributed by atoms with Crippen LogP contribution in [-0.4, -0.2) is 25.9 Å². The van der Waals surface area contributed by atoms with Gasteiger partial charge in [0.1, 0.15) is 6.10 Å². The Morgan fingerprint density at radius 2 is 2.13 bits per heavy atom. The van der Waals surface area contributed by atoms with Crippen LogP contribution in [-0.2, 0) is 9.47 Å². The van der Waals surface area contributed by atoms with E-state index < -0.39 is 0 Å². The molecule has 0 aliphatic carbocycles. The average Bonchev–Trinajstić information content (AvgIpc) is 3.04. The topological polar surface area (TPSA) is 21.8 Å². The number of benzene rings is 1. The summed E-state index contributed by atoms with van der Waals surface area (Å²) in [5.41, 5.74) is 1.13. The van der Waals surface area contributed by atoms with Crippen LogP contribution in [0, 0.1) is 0 Å². The standard InChI is InChI=1S/C12H13ClO2/c13-11-5-3-10(4-6-11)2-1-7-14-8-12-9-15-12/h1-6,12H,7-9H2/b2-1+. The van der Waals surface area contributed by atoms with Crippen molar-refractivity contribution in [1.82, 2.24) is 0 Å². The lowest BCUT2D eigenvalue weighted by atomic mass is 10.2. The van der Waals surface area contributed by atoms with Gasteiger partial charge < -0.3 is 9.47 Å². The summed E-state index contributed by atoms with van der Waals surface area (Å²) in [6.45, 7) is 2.17. The Bertz CT molecular complexity index is 328. The monoisotopic (exact) mass is 224 g/mol. The fraction of sp³-hybridized carbons (Fsp3) is 0.333. The van der Waals surface area contributed by atoms with Crippen LogP contribution in [0.1, 0.15) is 5.56 Å². The maximum atomic E-state index is 5.77. The summed E-state index contributed by atoms with van der Waals surface area (Å²) in [6.07, 6.45) is 4.35. The molecule has 0 saturated carbocycles. The van der Waals surface area contributed by atoms with E-state index in [1.54, 1.807) is 0 Å². The van der Waals surface area contributed by atoms with Gasteiger partial charge in [-0.3, -0.25) is 0 Å². The van der Waals surface area contributed by atoms with Gasteiger partial charge in [-0.25, -0.2) is 0 Å². The van der Waals surface area contributed by atoms with Crippen LogP contribution in [0.25, 0.3) is 6.08 Å². The van der Waals surface area contributed by atoms with Gasteiger partial charge in [0.2, 0.25) is 0 Å². The van der Waals surface area contributed by atoms with Gasteiger partial charge in [-0.05, 0) is 17.7 Å². The average molecular weight is 225 g/mol. The minimum absolute atomic E-state index is 0.342. The minimum Gasteiger partial charge on any atom is -0.375 e. The summed E-state index contributed by atoms with van der Waals surface area (Å²) in [5.74, 6) is 0. The second-order valence-electron chi connectivity index (χ2n) is 3.45. The molecule has 0 amide bonds. The predicted octanol–water partition coefficient (Wildman–Crippen LogP) is 2.77. The normalized spacial score (nSPS) is 19.7. The summed E-state index contributed by atoms with van der Waals surface area (Å²) in [5, 5.41) is 0.759. The Kier molecular flexibility index (Phi) is 3.78. The molecule has 1 aliphatic rings. The summed E-state index contributed by atoms with van der Waals surface area (Å²) in [6, 6.07) is 7.70. The molecule has 0 aromatic heterocycles. The number of hydrogen-bond acceptors (Lipinski definition) is 2. The third-order valence-electron chi connectivity index (χ3n) is 2.10. The van der Waals surface area contributed by atoms with Crippen molar-refractivity contribution in [3.05, 3.63) is 40.9 Å². The zero-order valence-corrected chi connectivity index (χ0v) is 9.11. The Morgan fingerprint density at radius 1 is 1.40 bits per heavy atom. The molecule has 1 aliphatic heterocycles. The molecule has 0 spiro atoms. The van der Waals surface area contributed by atoms with Crippen molar-refractivity contribution in [1.29, 1.82) is 0 Å². The number of ether oxygens (including phenoxy) is 2. The van der Waals surface area contributed by atoms with Crippen molar-refractivity contribution in [2.45, 2.75) is 6.10 Å². The van der Waals surface area contributed by atoms with Gasteiger partial charge in [-0.15, -0.1) is 0 Å². The predicted molar refractivity (Wildman–Crippen MR) is 61.0 cm³/mol. The van der Waals surface area contributed by atoms with Crippen LogP contribution >= 0.6 is 11.6 Å². The van der Waals surface area contributed by atoms with Crippen LogP contribution in [0.2, 0.25) is 5.02 Å². The Labute approximate surface area is 94.5 Å². The highest BCUT2D eigenvalue weighted by Gasteiger charge is 2.21. The fourth-order valence-corrected chi connectivity index (χ4v) is 1.32. The maximum absolute atomic E-state index is 5.77. The molecule has 0 N–H and O–H groups in total. The van der Waals surface area contributed by atoms with E-state index in [9.17, 15) is 0 Å². The van der Waals surface area contributed by atoms with Crippen molar-refractivity contribution < 1.29 is 9.47 Å². The molecule has 15 heavy (non-hydrogen) atoms. The first kappa shape index (κ1) is 10.7. The second-order valence-corrected chi connectivity index (χ2v) is 3.88. The van der Waals surface area contributed by atoms with Crippen molar-refractivity contribution >= 4 is 17.7 Å². The molecule has 2 rings (SSSR count). The first-order valence-corrected chi connectivity index (χ1v) is 5.34. The SMILES string of the molecule is Clc1ccc(/C=C/COCC2CO2)cc1. The van der Waals surface area contributed by atoms with Crippen LogP contribution in [0.4, 0.5) is 0 Å². The number of halogens is 1. The first-order chi connectivity index (χ1) is 7.34. The van der Waals surface area contributed by atoms with Crippen LogP contribution in [0.5, 0.6) is 0 Å². The smallest absolute Gasteiger partial charge is 0.104 e. The highest BCUT2D eigenvalue weighted by atomic mass is 35.5. The molecule has 1 saturated heterocycles. The van der Waals surface area contributed by atoms with Gasteiger partial charge in [0, 0.05) is 5.02 Å². The van der Waals surface area contributed by atoms with Crippen molar-refractivity contribution in [2.75, 3.05) is 19.8 Å². The molecule has 1 heterocycles. The van der Waals surface area contributed by atoms with Crippen LogP contribution in [0.3, 0.4) is 0 Å². The van der Waals surface area contributed by atoms with Gasteiger partial charge in [0.05, 0.1) is 19.8 Å². The largest absolute Gasteiger partial charge is 0.375 e. The highest BCUT2D eigenvalue weighted by Crippen LogP contribution is 2.11. The molecular weight excluding hydrogens is 212 g/mol. The van der Waals surface area contributed by atoms with Crippen LogP contribution in [0.15, 0.2) is 30.3 Å². The fourth-order valence-electron chi connectivity index (χ4n) is 1.19. The second kappa shape index (κ2) is 5.31. The first-order valence-electron chi connectivity index (χ1n) is 4.96. The van der Waals surface area contributed by atoms with Gasteiger partial charge in [0.15, 0.2) is 0 Å². The van der Waals surface area contributed by atoms with E-state index in [1.807, 2.05) is 36.4 Å². The number of hydrogen-bond donors (Lipinski definition) is 0. The van der Waals surface area contributed by atoms with Gasteiger partial charge in [-0.2, -0.15) is 0 Å². The van der Waals surface area contributed by atoms with E-state index in [-0.39, 0.29) is 0 Å². The molecule has 80 valence electrons. The summed E-state index contributed by atoms with van der Waals surface area (Å²) >= 11 is 5.77. The molecule has 1 aromatic carbocycles. The lowest BCUT2D eigenvalue weighted by Crippen LogP contribution is -2.00. The summed E-state index contributed by atoms with van der Waals surface area (Å²) in [4.78, 5) is 0. The number of epoxide rings is 1. The van der Waals surface area contributed by atoms with E-state index >= 15 is 0 Å². The molecule has 1 unspecified atom stereocenters. The third kappa shape index (κ3) is 4.04. The van der Waals surface area contributed by atoms with Gasteiger partial charge in [0.25, 0.3) is 0 Å². The molecule has 1 atom stereocenters. The molecule has 1 aromatic rings. The molecule has 3 heteroatoms. The van der Waals surface area contributed by atoms with Gasteiger partial charge >= 0.3 is 0 Å². The Hall–Kier alpha value is -0.830. The lowest BCUT2D eigenvalue weighted by molar-refractivity contribution is 0.141. The quantitative estimate of drug-likeness (QED) is 0.567. The highest BCUT2D eigenvalue weighted by molar-refractivity contribution is 6.30. The van der Waals surface area contributed by atoms with E-state index in [2.05, 4.69) is 0 Å². The summed E-state index contributed by atoms with van der Waals surface area (Å²) in [7, 11) is 0. The molecule has 2 nitrogen and oxygen atoms in total. The Balaban J connectivity index is 1.70. The van der Waals surface area contributed by atoms with Crippen molar-refractivity contribution in [2.24, 2.45) is 0 Å². The molecular formula is C12H13ClO2. The molecule has 0 radical (unpaired) electrons. The van der Waals surface area contributed by atoms with Gasteiger partial charge in [-0.1, -0.05) is 35.9 Å². The number of rotatable bonds is 5. The van der Waals surface area contributed by atoms with Crippen molar-refractivity contribution in [3.63, 3.8) is 0 Å². The molecule has 1 fully saturated rings. The van der Waals surface area contributed by atoms with Crippen molar-refractivity contribution in [3.8, 4) is 0 Å². The van der Waals surface area contributed by atoms with E-state index in [1.165, 1.54) is 0 Å². The van der Waals surface area contributed by atoms with Crippen LogP contribution < -0.4 is 0 Å². The lowest BCUT2D eigenvalue weighted by Gasteiger charge is -1.96. The maximum Gasteiger partial charge on any atom is 0.104 e. The van der Waals surface area contributed by atoms with E-state index in [0.717, 1.165) is 17.2 Å². The third-order valence-corrected chi connectivity index (χ3v) is 2.35.